The van der Waals surface area contributed by atoms with Gasteiger partial charge in [-0.1, -0.05) is 0 Å². The summed E-state index contributed by atoms with van der Waals surface area (Å²) in [6, 6.07) is 0. The Morgan fingerprint density at radius 2 is 0.828 bits per heavy atom. The second-order valence-corrected chi connectivity index (χ2v) is 10.3. The van der Waals surface area contributed by atoms with Crippen LogP contribution in [0.1, 0.15) is 0 Å². The van der Waals surface area contributed by atoms with Gasteiger partial charge in [-0.05, 0) is 0 Å². The Morgan fingerprint density at radius 3 is 1.03 bits per heavy atom. The summed E-state index contributed by atoms with van der Waals surface area (Å²) in [5.41, 5.74) is 0. The second kappa shape index (κ2) is 12.3. The van der Waals surface area contributed by atoms with Gasteiger partial charge in [0.2, 0.25) is 0 Å². The molecule has 1 rings (SSSR count). The van der Waals surface area contributed by atoms with Crippen LogP contribution in [-0.2, 0) is 18.1 Å². The molecule has 0 atom stereocenters. The van der Waals surface area contributed by atoms with Gasteiger partial charge in [-0.3, -0.25) is 0 Å². The molecule has 1 aliphatic rings. The van der Waals surface area contributed by atoms with Crippen LogP contribution < -0.4 is 0 Å². The van der Waals surface area contributed by atoms with Gasteiger partial charge in [0, 0.05) is 0 Å². The molecule has 168 valence electrons. The molecular formula is C15H29AsN4O9. The summed E-state index contributed by atoms with van der Waals surface area (Å²) >= 11 is -4.98. The molecule has 0 radical (unpaired) electrons. The minimum atomic E-state index is -4.98. The van der Waals surface area contributed by atoms with Crippen molar-refractivity contribution in [3.05, 3.63) is 0 Å². The summed E-state index contributed by atoms with van der Waals surface area (Å²) in [5.74, 6) is -3.15. The van der Waals surface area contributed by atoms with E-state index in [2.05, 4.69) is 0 Å². The van der Waals surface area contributed by atoms with Crippen LogP contribution in [0.15, 0.2) is 0 Å². The molecule has 0 spiro atoms. The number of rotatable bonds is 8. The second-order valence-electron chi connectivity index (χ2n) is 6.93. The number of carboxylic acids is 3. The van der Waals surface area contributed by atoms with E-state index in [9.17, 15) is 26.3 Å². The SMILES string of the molecule is O=C(O)CN1CCN(CC(=O)O)CCN(C[As](=O)(O)O)CCN(CC(=O)O)CC1. The van der Waals surface area contributed by atoms with Crippen molar-refractivity contribution >= 4 is 32.1 Å². The molecule has 0 saturated carbocycles. The summed E-state index contributed by atoms with van der Waals surface area (Å²) in [6.07, 6.45) is 0. The molecule has 29 heavy (non-hydrogen) atoms. The van der Waals surface area contributed by atoms with Crippen molar-refractivity contribution in [2.45, 2.75) is 0 Å². The Bertz CT molecular complexity index is 583. The molecule has 13 nitrogen and oxygen atoms in total. The number of carboxylic acid groups (broad SMARTS) is 3. The van der Waals surface area contributed by atoms with Gasteiger partial charge in [0.15, 0.2) is 0 Å². The molecule has 1 saturated heterocycles. The number of hydrogen-bond donors (Lipinski definition) is 5. The third kappa shape index (κ3) is 12.6. The molecule has 0 amide bonds. The molecule has 0 aliphatic carbocycles. The van der Waals surface area contributed by atoms with Crippen LogP contribution in [0.5, 0.6) is 0 Å². The molecule has 1 heterocycles. The quantitative estimate of drug-likeness (QED) is 0.213. The first-order valence-electron chi connectivity index (χ1n) is 9.04. The Hall–Kier alpha value is -1.47. The van der Waals surface area contributed by atoms with Crippen molar-refractivity contribution in [1.82, 2.24) is 19.6 Å². The van der Waals surface area contributed by atoms with Gasteiger partial charge in [-0.15, -0.1) is 0 Å². The van der Waals surface area contributed by atoms with Crippen LogP contribution in [-0.4, -0.2) is 153 Å². The molecule has 0 aromatic carbocycles. The Morgan fingerprint density at radius 1 is 0.586 bits per heavy atom. The molecule has 0 aromatic rings. The molecular weight excluding hydrogens is 455 g/mol. The van der Waals surface area contributed by atoms with E-state index in [4.69, 9.17) is 15.3 Å². The molecule has 1 aliphatic heterocycles. The van der Waals surface area contributed by atoms with Crippen LogP contribution >= 0.6 is 0 Å². The number of aliphatic carboxylic acids is 3. The zero-order valence-corrected chi connectivity index (χ0v) is 18.0. The van der Waals surface area contributed by atoms with Gasteiger partial charge >= 0.3 is 171 Å². The van der Waals surface area contributed by atoms with Crippen molar-refractivity contribution in [2.75, 3.05) is 77.3 Å². The zero-order valence-electron chi connectivity index (χ0n) is 16.1. The van der Waals surface area contributed by atoms with Crippen molar-refractivity contribution in [3.63, 3.8) is 0 Å². The van der Waals surface area contributed by atoms with Gasteiger partial charge in [-0.2, -0.15) is 0 Å². The summed E-state index contributed by atoms with van der Waals surface area (Å²) < 4.78 is 30.2. The third-order valence-corrected chi connectivity index (χ3v) is 6.00. The van der Waals surface area contributed by atoms with Crippen LogP contribution in [0.25, 0.3) is 0 Å². The summed E-state index contributed by atoms with van der Waals surface area (Å²) in [7, 11) is 0. The predicted molar refractivity (Wildman–Crippen MR) is 99.5 cm³/mol. The van der Waals surface area contributed by atoms with E-state index in [1.54, 1.807) is 14.7 Å². The summed E-state index contributed by atoms with van der Waals surface area (Å²) in [6.45, 7) is 1.07. The average Bonchev–Trinajstić information content (AvgIpc) is 2.54. The minimum absolute atomic E-state index is 0.194. The topological polar surface area (TPSA) is 182 Å². The van der Waals surface area contributed by atoms with E-state index in [0.717, 1.165) is 0 Å². The van der Waals surface area contributed by atoms with Crippen molar-refractivity contribution in [3.8, 4) is 0 Å². The zero-order chi connectivity index (χ0) is 22.0. The number of hydrogen-bond acceptors (Lipinski definition) is 8. The Balaban J connectivity index is 2.95. The first-order chi connectivity index (χ1) is 13.4. The standard InChI is InChI=1S/C15H29AsN4O9/c21-13(22)9-17-1-3-18(10-14(23)24)5-7-20(12-16(27,28)29)8-6-19(4-2-17)11-15(25)26/h1-12H2,(H,21,22)(H,23,24)(H,25,26)(H2,27,28,29). The predicted octanol–water partition coefficient (Wildman–Crippen LogP) is -3.64. The van der Waals surface area contributed by atoms with Gasteiger partial charge < -0.3 is 0 Å². The first-order valence-corrected chi connectivity index (χ1v) is 12.8. The van der Waals surface area contributed by atoms with Crippen molar-refractivity contribution in [1.29, 1.82) is 0 Å². The van der Waals surface area contributed by atoms with Crippen LogP contribution in [0.4, 0.5) is 0 Å². The van der Waals surface area contributed by atoms with Gasteiger partial charge in [0.05, 0.1) is 0 Å². The van der Waals surface area contributed by atoms with Crippen LogP contribution in [0.3, 0.4) is 0 Å². The fraction of sp³-hybridized carbons (Fsp3) is 0.800. The first kappa shape index (κ1) is 25.6. The van der Waals surface area contributed by atoms with Gasteiger partial charge in [-0.25, -0.2) is 0 Å². The van der Waals surface area contributed by atoms with E-state index in [-0.39, 0.29) is 72.0 Å². The normalized spacial score (nSPS) is 19.9. The van der Waals surface area contributed by atoms with E-state index >= 15 is 0 Å². The molecule has 0 unspecified atom stereocenters. The van der Waals surface area contributed by atoms with Crippen molar-refractivity contribution in [2.24, 2.45) is 0 Å². The summed E-state index contributed by atoms with van der Waals surface area (Å²) in [4.78, 5) is 39.6. The monoisotopic (exact) mass is 484 g/mol. The van der Waals surface area contributed by atoms with Gasteiger partial charge in [0.25, 0.3) is 0 Å². The van der Waals surface area contributed by atoms with E-state index in [0.29, 0.717) is 0 Å². The van der Waals surface area contributed by atoms with E-state index in [1.165, 1.54) is 4.90 Å². The molecule has 0 bridgehead atoms. The van der Waals surface area contributed by atoms with Crippen LogP contribution in [0, 0.1) is 0 Å². The van der Waals surface area contributed by atoms with Crippen molar-refractivity contribution < 1.29 is 41.6 Å². The third-order valence-electron chi connectivity index (χ3n) is 4.39. The Labute approximate surface area is 171 Å². The summed E-state index contributed by atoms with van der Waals surface area (Å²) in [5, 5.41) is 26.8. The maximum atomic E-state index is 11.5. The van der Waals surface area contributed by atoms with Crippen LogP contribution in [0.2, 0.25) is 0 Å². The molecule has 0 aromatic heterocycles. The van der Waals surface area contributed by atoms with E-state index < -0.39 is 37.4 Å². The number of carbonyl (C=O) groups is 3. The molecule has 1 fully saturated rings. The fourth-order valence-corrected chi connectivity index (χ4v) is 4.72. The molecule has 5 N–H and O–H groups in total. The fourth-order valence-electron chi connectivity index (χ4n) is 3.03. The Kier molecular flexibility index (Phi) is 10.8. The number of nitrogens with zero attached hydrogens (tertiary/aromatic N) is 4. The maximum absolute atomic E-state index is 11.5. The molecule has 14 heteroatoms. The average molecular weight is 484 g/mol. The van der Waals surface area contributed by atoms with Gasteiger partial charge in [0.1, 0.15) is 0 Å². The van der Waals surface area contributed by atoms with E-state index in [1.807, 2.05) is 0 Å².